The summed E-state index contributed by atoms with van der Waals surface area (Å²) in [6.45, 7) is 1.23. The number of benzene rings is 2. The standard InChI is InChI=1S/C23H17ClF9N3O2/c1-20(24,11-12-5-3-2-4-6-12)38-18(36-19-34-16(23(31,32)33)10-17(37)35-19)14-8-7-13(21(25,26)27)9-15(14)22(28,29)30/h2-10,18H,11H2,1H3,(H2,34,35,36,37). The molecule has 0 saturated carbocycles. The van der Waals surface area contributed by atoms with Gasteiger partial charge in [-0.1, -0.05) is 48.0 Å². The lowest BCUT2D eigenvalue weighted by Gasteiger charge is -2.31. The second kappa shape index (κ2) is 10.5. The predicted molar refractivity (Wildman–Crippen MR) is 118 cm³/mol. The second-order valence-electron chi connectivity index (χ2n) is 8.18. The highest BCUT2D eigenvalue weighted by atomic mass is 35.5. The minimum atomic E-state index is -5.35. The van der Waals surface area contributed by atoms with Crippen LogP contribution in [0.15, 0.2) is 59.4 Å². The number of hydrogen-bond donors (Lipinski definition) is 2. The van der Waals surface area contributed by atoms with Crippen molar-refractivity contribution in [2.24, 2.45) is 0 Å². The van der Waals surface area contributed by atoms with Crippen molar-refractivity contribution in [3.05, 3.63) is 92.9 Å². The van der Waals surface area contributed by atoms with Crippen molar-refractivity contribution in [3.8, 4) is 0 Å². The molecule has 5 nitrogen and oxygen atoms in total. The van der Waals surface area contributed by atoms with E-state index in [1.807, 2.05) is 4.98 Å². The molecule has 0 radical (unpaired) electrons. The third-order valence-corrected chi connectivity index (χ3v) is 5.22. The van der Waals surface area contributed by atoms with E-state index in [0.717, 1.165) is 0 Å². The summed E-state index contributed by atoms with van der Waals surface area (Å²) < 4.78 is 126. The van der Waals surface area contributed by atoms with Gasteiger partial charge >= 0.3 is 18.5 Å². The van der Waals surface area contributed by atoms with Gasteiger partial charge in [0.05, 0.1) is 11.1 Å². The molecule has 2 N–H and O–H groups in total. The Balaban J connectivity index is 2.13. The molecule has 3 rings (SSSR count). The Kier molecular flexibility index (Phi) is 8.08. The first-order valence-electron chi connectivity index (χ1n) is 10.5. The first kappa shape index (κ1) is 29.3. The molecule has 0 aliphatic heterocycles. The Morgan fingerprint density at radius 3 is 2.11 bits per heavy atom. The number of anilines is 1. The minimum absolute atomic E-state index is 0.112. The minimum Gasteiger partial charge on any atom is -0.332 e. The normalized spacial score (nSPS) is 15.1. The van der Waals surface area contributed by atoms with Crippen LogP contribution in [0.2, 0.25) is 0 Å². The van der Waals surface area contributed by atoms with Crippen LogP contribution in [0.3, 0.4) is 0 Å². The van der Waals surface area contributed by atoms with Crippen molar-refractivity contribution < 1.29 is 44.3 Å². The van der Waals surface area contributed by atoms with Gasteiger partial charge in [-0.25, -0.2) is 4.98 Å². The highest BCUT2D eigenvalue weighted by Gasteiger charge is 2.41. The maximum atomic E-state index is 13.9. The quantitative estimate of drug-likeness (QED) is 0.179. The third kappa shape index (κ3) is 7.63. The second-order valence-corrected chi connectivity index (χ2v) is 8.98. The molecule has 0 aliphatic carbocycles. The number of hydrogen-bond acceptors (Lipinski definition) is 4. The monoisotopic (exact) mass is 573 g/mol. The van der Waals surface area contributed by atoms with Crippen LogP contribution in [0.4, 0.5) is 45.5 Å². The van der Waals surface area contributed by atoms with E-state index in [1.54, 1.807) is 30.3 Å². The van der Waals surface area contributed by atoms with Crippen LogP contribution < -0.4 is 10.9 Å². The summed E-state index contributed by atoms with van der Waals surface area (Å²) >= 11 is 6.39. The van der Waals surface area contributed by atoms with Crippen LogP contribution in [0.25, 0.3) is 0 Å². The summed E-state index contributed by atoms with van der Waals surface area (Å²) in [4.78, 5) is 16.8. The van der Waals surface area contributed by atoms with Gasteiger partial charge in [-0.15, -0.1) is 0 Å². The zero-order valence-electron chi connectivity index (χ0n) is 19.0. The molecule has 1 heterocycles. The molecule has 0 aliphatic rings. The van der Waals surface area contributed by atoms with Crippen molar-refractivity contribution in [3.63, 3.8) is 0 Å². The van der Waals surface area contributed by atoms with Crippen molar-refractivity contribution in [1.29, 1.82) is 0 Å². The van der Waals surface area contributed by atoms with Gasteiger partial charge in [-0.2, -0.15) is 39.5 Å². The molecular formula is C23H17ClF9N3O2. The Bertz CT molecular complexity index is 1320. The smallest absolute Gasteiger partial charge is 0.332 e. The van der Waals surface area contributed by atoms with Gasteiger partial charge in [0.15, 0.2) is 11.9 Å². The van der Waals surface area contributed by atoms with Gasteiger partial charge in [0.1, 0.15) is 5.06 Å². The average Bonchev–Trinajstić information content (AvgIpc) is 2.76. The van der Waals surface area contributed by atoms with Gasteiger partial charge in [-0.3, -0.25) is 9.78 Å². The van der Waals surface area contributed by atoms with Crippen molar-refractivity contribution >= 4 is 17.5 Å². The maximum Gasteiger partial charge on any atom is 0.433 e. The van der Waals surface area contributed by atoms with E-state index >= 15 is 0 Å². The fourth-order valence-corrected chi connectivity index (χ4v) is 3.66. The van der Waals surface area contributed by atoms with Crippen molar-refractivity contribution in [2.75, 3.05) is 5.32 Å². The van der Waals surface area contributed by atoms with E-state index in [0.29, 0.717) is 17.7 Å². The molecule has 15 heteroatoms. The fraction of sp³-hybridized carbons (Fsp3) is 0.304. The zero-order valence-corrected chi connectivity index (χ0v) is 19.8. The zero-order chi connectivity index (χ0) is 28.5. The summed E-state index contributed by atoms with van der Waals surface area (Å²) in [5.41, 5.74) is -6.82. The third-order valence-electron chi connectivity index (χ3n) is 4.99. The van der Waals surface area contributed by atoms with E-state index in [2.05, 4.69) is 10.3 Å². The summed E-state index contributed by atoms with van der Waals surface area (Å²) in [5, 5.41) is 0.266. The van der Waals surface area contributed by atoms with Crippen molar-refractivity contribution in [1.82, 2.24) is 9.97 Å². The van der Waals surface area contributed by atoms with E-state index in [9.17, 15) is 44.3 Å². The van der Waals surface area contributed by atoms with Gasteiger partial charge in [-0.05, 0) is 24.6 Å². The first-order chi connectivity index (χ1) is 17.3. The van der Waals surface area contributed by atoms with E-state index in [1.165, 1.54) is 6.92 Å². The Morgan fingerprint density at radius 1 is 0.921 bits per heavy atom. The molecule has 2 atom stereocenters. The Morgan fingerprint density at radius 2 is 1.55 bits per heavy atom. The maximum absolute atomic E-state index is 13.9. The molecular weight excluding hydrogens is 557 g/mol. The topological polar surface area (TPSA) is 67.0 Å². The Labute approximate surface area is 213 Å². The molecule has 38 heavy (non-hydrogen) atoms. The van der Waals surface area contributed by atoms with E-state index in [4.69, 9.17) is 16.3 Å². The largest absolute Gasteiger partial charge is 0.433 e. The number of nitrogens with one attached hydrogen (secondary N) is 2. The highest BCUT2D eigenvalue weighted by Crippen LogP contribution is 2.41. The molecule has 2 unspecified atom stereocenters. The van der Waals surface area contributed by atoms with Gasteiger partial charge < -0.3 is 10.1 Å². The molecule has 206 valence electrons. The Hall–Kier alpha value is -3.26. The lowest BCUT2D eigenvalue weighted by Crippen LogP contribution is -2.32. The molecule has 0 saturated heterocycles. The van der Waals surface area contributed by atoms with Crippen LogP contribution in [0.1, 0.15) is 41.1 Å². The van der Waals surface area contributed by atoms with Crippen LogP contribution in [-0.4, -0.2) is 15.0 Å². The number of aromatic amines is 1. The van der Waals surface area contributed by atoms with E-state index in [-0.39, 0.29) is 18.6 Å². The SMILES string of the molecule is CC(Cl)(Cc1ccccc1)OC(Nc1nc(C(F)(F)F)cc(=O)[nH]1)c1ccc(C(F)(F)F)cc1C(F)(F)F. The summed E-state index contributed by atoms with van der Waals surface area (Å²) in [5.74, 6) is -0.963. The first-order valence-corrected chi connectivity index (χ1v) is 10.9. The molecule has 0 bridgehead atoms. The number of rotatable bonds is 7. The fourth-order valence-electron chi connectivity index (χ4n) is 3.42. The molecule has 3 aromatic rings. The van der Waals surface area contributed by atoms with E-state index < -0.39 is 63.7 Å². The van der Waals surface area contributed by atoms with Crippen LogP contribution in [0, 0.1) is 0 Å². The summed E-state index contributed by atoms with van der Waals surface area (Å²) in [6.07, 6.45) is -17.8. The summed E-state index contributed by atoms with van der Waals surface area (Å²) in [7, 11) is 0. The molecule has 0 fully saturated rings. The number of H-pyrrole nitrogens is 1. The lowest BCUT2D eigenvalue weighted by molar-refractivity contribution is -0.144. The average molecular weight is 574 g/mol. The van der Waals surface area contributed by atoms with Crippen molar-refractivity contribution in [2.45, 2.75) is 43.2 Å². The lowest BCUT2D eigenvalue weighted by atomic mass is 10.0. The number of aromatic nitrogens is 2. The molecule has 0 amide bonds. The molecule has 0 spiro atoms. The van der Waals surface area contributed by atoms with Crippen LogP contribution >= 0.6 is 11.6 Å². The molecule has 1 aromatic heterocycles. The number of nitrogens with zero attached hydrogens (tertiary/aromatic N) is 1. The number of ether oxygens (including phenoxy) is 1. The van der Waals surface area contributed by atoms with Gasteiger partial charge in [0.2, 0.25) is 5.95 Å². The summed E-state index contributed by atoms with van der Waals surface area (Å²) in [6, 6.07) is 8.89. The van der Waals surface area contributed by atoms with Gasteiger partial charge in [0, 0.05) is 18.1 Å². The van der Waals surface area contributed by atoms with Gasteiger partial charge in [0.25, 0.3) is 5.56 Å². The van der Waals surface area contributed by atoms with Crippen LogP contribution in [-0.2, 0) is 29.7 Å². The number of halogens is 10. The van der Waals surface area contributed by atoms with Crippen LogP contribution in [0.5, 0.6) is 0 Å². The molecule has 2 aromatic carbocycles. The highest BCUT2D eigenvalue weighted by molar-refractivity contribution is 6.22. The predicted octanol–water partition coefficient (Wildman–Crippen LogP) is 7.15. The number of alkyl halides is 10.